The summed E-state index contributed by atoms with van der Waals surface area (Å²) in [5.74, 6) is 1.78. The highest BCUT2D eigenvalue weighted by Gasteiger charge is 2.16. The molecule has 0 amide bonds. The zero-order chi connectivity index (χ0) is 14.0. The summed E-state index contributed by atoms with van der Waals surface area (Å²) in [6, 6.07) is 5.10. The molecule has 1 N–H and O–H groups in total. The molecule has 1 heterocycles. The molecule has 0 radical (unpaired) electrons. The molecule has 0 fully saturated rings. The maximum absolute atomic E-state index is 9.80. The number of thioether (sulfide) groups is 1. The van der Waals surface area contributed by atoms with Gasteiger partial charge in [-0.2, -0.15) is 4.98 Å². The van der Waals surface area contributed by atoms with E-state index in [9.17, 15) is 5.11 Å². The van der Waals surface area contributed by atoms with E-state index in [1.165, 1.54) is 0 Å². The Morgan fingerprint density at radius 2 is 2.11 bits per heavy atom. The quantitative estimate of drug-likeness (QED) is 0.903. The van der Waals surface area contributed by atoms with E-state index in [1.807, 2.05) is 0 Å². The Morgan fingerprint density at radius 3 is 2.79 bits per heavy atom. The maximum Gasteiger partial charge on any atom is 0.261 e. The molecule has 1 aromatic heterocycles. The van der Waals surface area contributed by atoms with Crippen LogP contribution in [0.15, 0.2) is 27.2 Å². The lowest BCUT2D eigenvalue weighted by molar-refractivity contribution is 0.419. The number of nitrogens with zero attached hydrogens (tertiary/aromatic N) is 2. The van der Waals surface area contributed by atoms with Crippen molar-refractivity contribution in [1.82, 2.24) is 10.1 Å². The fraction of sp³-hybridized carbons (Fsp3) is 0.385. The first kappa shape index (κ1) is 14.4. The second kappa shape index (κ2) is 5.54. The average molecular weight is 343 g/mol. The number of benzene rings is 1. The lowest BCUT2D eigenvalue weighted by Crippen LogP contribution is -2.07. The van der Waals surface area contributed by atoms with Crippen LogP contribution in [0.25, 0.3) is 11.5 Å². The van der Waals surface area contributed by atoms with Gasteiger partial charge in [0, 0.05) is 9.22 Å². The van der Waals surface area contributed by atoms with Gasteiger partial charge in [0.25, 0.3) is 5.89 Å². The monoisotopic (exact) mass is 342 g/mol. The van der Waals surface area contributed by atoms with E-state index in [2.05, 4.69) is 46.8 Å². The molecule has 0 spiro atoms. The molecule has 0 atom stereocenters. The van der Waals surface area contributed by atoms with Crippen LogP contribution in [0.1, 0.15) is 26.6 Å². The smallest absolute Gasteiger partial charge is 0.261 e. The van der Waals surface area contributed by atoms with Gasteiger partial charge in [0.05, 0.1) is 11.3 Å². The molecule has 1 aromatic carbocycles. The van der Waals surface area contributed by atoms with Crippen LogP contribution in [0.2, 0.25) is 0 Å². The lowest BCUT2D eigenvalue weighted by Gasteiger charge is -2.15. The number of hydrogen-bond acceptors (Lipinski definition) is 5. The number of phenols is 1. The zero-order valence-corrected chi connectivity index (χ0v) is 13.4. The van der Waals surface area contributed by atoms with Crippen molar-refractivity contribution in [3.63, 3.8) is 0 Å². The van der Waals surface area contributed by atoms with Gasteiger partial charge in [0.1, 0.15) is 5.75 Å². The third kappa shape index (κ3) is 3.98. The van der Waals surface area contributed by atoms with Gasteiger partial charge in [-0.15, -0.1) is 11.8 Å². The number of halogens is 1. The van der Waals surface area contributed by atoms with Crippen molar-refractivity contribution in [3.05, 3.63) is 28.5 Å². The molecule has 19 heavy (non-hydrogen) atoms. The topological polar surface area (TPSA) is 59.2 Å². The van der Waals surface area contributed by atoms with Crippen molar-refractivity contribution in [3.8, 4) is 17.2 Å². The molecule has 0 unspecified atom stereocenters. The molecule has 0 saturated carbocycles. The Balaban J connectivity index is 2.19. The number of rotatable bonds is 3. The summed E-state index contributed by atoms with van der Waals surface area (Å²) < 4.78 is 6.20. The normalized spacial score (nSPS) is 11.8. The van der Waals surface area contributed by atoms with E-state index in [0.29, 0.717) is 23.0 Å². The summed E-state index contributed by atoms with van der Waals surface area (Å²) in [7, 11) is 0. The van der Waals surface area contributed by atoms with Crippen LogP contribution in [0.4, 0.5) is 0 Å². The molecule has 6 heteroatoms. The third-order valence-corrected chi connectivity index (χ3v) is 4.05. The first-order valence-corrected chi connectivity index (χ1v) is 7.58. The largest absolute Gasteiger partial charge is 0.507 e. The molecule has 0 saturated heterocycles. The van der Waals surface area contributed by atoms with Gasteiger partial charge in [-0.3, -0.25) is 0 Å². The molecule has 4 nitrogen and oxygen atoms in total. The fourth-order valence-corrected chi connectivity index (χ4v) is 2.42. The fourth-order valence-electron chi connectivity index (χ4n) is 1.38. The van der Waals surface area contributed by atoms with Crippen molar-refractivity contribution in [2.75, 3.05) is 0 Å². The molecule has 0 aliphatic rings. The highest BCUT2D eigenvalue weighted by atomic mass is 79.9. The minimum Gasteiger partial charge on any atom is -0.507 e. The van der Waals surface area contributed by atoms with Crippen molar-refractivity contribution in [2.24, 2.45) is 0 Å². The van der Waals surface area contributed by atoms with Crippen molar-refractivity contribution < 1.29 is 9.63 Å². The Kier molecular flexibility index (Phi) is 4.20. The molecular formula is C13H15BrN2O2S. The van der Waals surface area contributed by atoms with E-state index in [0.717, 1.165) is 4.47 Å². The Labute approximate surface area is 124 Å². The van der Waals surface area contributed by atoms with E-state index in [1.54, 1.807) is 30.0 Å². The number of aromatic hydroxyl groups is 1. The van der Waals surface area contributed by atoms with Crippen LogP contribution in [0.3, 0.4) is 0 Å². The molecule has 0 aliphatic heterocycles. The predicted octanol–water partition coefficient (Wildman–Crippen LogP) is 4.24. The van der Waals surface area contributed by atoms with Crippen LogP contribution in [0, 0.1) is 0 Å². The van der Waals surface area contributed by atoms with Crippen molar-refractivity contribution in [2.45, 2.75) is 31.3 Å². The molecule has 0 aliphatic carbocycles. The maximum atomic E-state index is 9.80. The summed E-state index contributed by atoms with van der Waals surface area (Å²) in [5, 5.41) is 13.7. The first-order valence-electron chi connectivity index (χ1n) is 5.80. The van der Waals surface area contributed by atoms with Crippen LogP contribution < -0.4 is 0 Å². The SMILES string of the molecule is CC(C)(C)SCc1noc(-c2cc(Br)ccc2O)n1. The van der Waals surface area contributed by atoms with E-state index in [-0.39, 0.29) is 10.5 Å². The van der Waals surface area contributed by atoms with Crippen LogP contribution in [-0.2, 0) is 5.75 Å². The zero-order valence-electron chi connectivity index (χ0n) is 11.0. The number of phenolic OH excluding ortho intramolecular Hbond substituents is 1. The van der Waals surface area contributed by atoms with Crippen LogP contribution in [-0.4, -0.2) is 20.0 Å². The van der Waals surface area contributed by atoms with Crippen LogP contribution in [0.5, 0.6) is 5.75 Å². The second-order valence-electron chi connectivity index (χ2n) is 5.08. The summed E-state index contributed by atoms with van der Waals surface area (Å²) in [5.41, 5.74) is 0.536. The van der Waals surface area contributed by atoms with Gasteiger partial charge in [0.15, 0.2) is 5.82 Å². The van der Waals surface area contributed by atoms with Gasteiger partial charge in [-0.25, -0.2) is 0 Å². The van der Waals surface area contributed by atoms with E-state index < -0.39 is 0 Å². The predicted molar refractivity (Wildman–Crippen MR) is 80.1 cm³/mol. The molecule has 2 rings (SSSR count). The molecule has 2 aromatic rings. The molecule has 102 valence electrons. The summed E-state index contributed by atoms with van der Waals surface area (Å²) in [6.45, 7) is 6.41. The van der Waals surface area contributed by atoms with Gasteiger partial charge in [-0.1, -0.05) is 41.9 Å². The van der Waals surface area contributed by atoms with Crippen LogP contribution >= 0.6 is 27.7 Å². The standard InChI is InChI=1S/C13H15BrN2O2S/c1-13(2,3)19-7-11-15-12(18-16-11)9-6-8(14)4-5-10(9)17/h4-6,17H,7H2,1-3H3. The highest BCUT2D eigenvalue weighted by Crippen LogP contribution is 2.32. The Bertz CT molecular complexity index is 578. The Hall–Kier alpha value is -1.01. The third-order valence-electron chi connectivity index (χ3n) is 2.29. The van der Waals surface area contributed by atoms with Gasteiger partial charge < -0.3 is 9.63 Å². The summed E-state index contributed by atoms with van der Waals surface area (Å²) in [4.78, 5) is 4.31. The number of hydrogen-bond donors (Lipinski definition) is 1. The second-order valence-corrected chi connectivity index (χ2v) is 7.80. The van der Waals surface area contributed by atoms with Gasteiger partial charge >= 0.3 is 0 Å². The number of aromatic nitrogens is 2. The van der Waals surface area contributed by atoms with Gasteiger partial charge in [-0.05, 0) is 18.2 Å². The summed E-state index contributed by atoms with van der Waals surface area (Å²) in [6.07, 6.45) is 0. The minimum atomic E-state index is 0.127. The average Bonchev–Trinajstić information content (AvgIpc) is 2.77. The Morgan fingerprint density at radius 1 is 1.37 bits per heavy atom. The molecule has 0 bridgehead atoms. The summed E-state index contributed by atoms with van der Waals surface area (Å²) >= 11 is 5.10. The van der Waals surface area contributed by atoms with E-state index >= 15 is 0 Å². The van der Waals surface area contributed by atoms with E-state index in [4.69, 9.17) is 4.52 Å². The first-order chi connectivity index (χ1) is 8.85. The molecular weight excluding hydrogens is 328 g/mol. The minimum absolute atomic E-state index is 0.127. The lowest BCUT2D eigenvalue weighted by atomic mass is 10.2. The van der Waals surface area contributed by atoms with Crippen molar-refractivity contribution >= 4 is 27.7 Å². The highest BCUT2D eigenvalue weighted by molar-refractivity contribution is 9.10. The van der Waals surface area contributed by atoms with Gasteiger partial charge in [0.2, 0.25) is 0 Å². The van der Waals surface area contributed by atoms with Crippen molar-refractivity contribution in [1.29, 1.82) is 0 Å².